The Kier molecular flexibility index (Phi) is 6.45. The lowest BCUT2D eigenvalue weighted by Gasteiger charge is -2.23. The summed E-state index contributed by atoms with van der Waals surface area (Å²) >= 11 is 0. The highest BCUT2D eigenvalue weighted by atomic mass is 16.1. The second kappa shape index (κ2) is 8.57. The summed E-state index contributed by atoms with van der Waals surface area (Å²) in [5.74, 6) is 0.486. The Morgan fingerprint density at radius 1 is 1.18 bits per heavy atom. The van der Waals surface area contributed by atoms with Gasteiger partial charge in [-0.1, -0.05) is 61.7 Å². The number of carbonyl (C=O) groups is 1. The van der Waals surface area contributed by atoms with Crippen molar-refractivity contribution in [2.75, 3.05) is 6.54 Å². The van der Waals surface area contributed by atoms with E-state index in [1.807, 2.05) is 0 Å². The molecule has 0 spiro atoms. The Balaban J connectivity index is 2.29. The Labute approximate surface area is 134 Å². The van der Waals surface area contributed by atoms with Crippen LogP contribution in [0, 0.1) is 12.8 Å². The maximum Gasteiger partial charge on any atom is 0.166 e. The fraction of sp³-hybridized carbons (Fsp3) is 0.450. The highest BCUT2D eigenvalue weighted by Gasteiger charge is 2.17. The molecular weight excluding hydrogens is 270 g/mol. The minimum Gasteiger partial charge on any atom is -0.382 e. The summed E-state index contributed by atoms with van der Waals surface area (Å²) < 4.78 is 0. The van der Waals surface area contributed by atoms with Crippen LogP contribution in [0.3, 0.4) is 0 Å². The van der Waals surface area contributed by atoms with Crippen LogP contribution in [-0.4, -0.2) is 12.8 Å². The van der Waals surface area contributed by atoms with Crippen molar-refractivity contribution in [2.24, 2.45) is 5.92 Å². The van der Waals surface area contributed by atoms with Gasteiger partial charge in [-0.05, 0) is 43.2 Å². The van der Waals surface area contributed by atoms with Crippen molar-refractivity contribution in [3.8, 4) is 0 Å². The molecule has 0 aliphatic carbocycles. The van der Waals surface area contributed by atoms with Crippen molar-refractivity contribution >= 4 is 12.4 Å². The Bertz CT molecular complexity index is 539. The molecule has 1 aromatic rings. The van der Waals surface area contributed by atoms with E-state index >= 15 is 0 Å². The lowest BCUT2D eigenvalue weighted by Crippen LogP contribution is -2.23. The van der Waals surface area contributed by atoms with Gasteiger partial charge in [0.05, 0.1) is 5.70 Å². The van der Waals surface area contributed by atoms with Gasteiger partial charge in [-0.15, -0.1) is 0 Å². The van der Waals surface area contributed by atoms with E-state index in [2.05, 4.69) is 55.6 Å². The third kappa shape index (κ3) is 4.59. The first-order valence-corrected chi connectivity index (χ1v) is 8.42. The quantitative estimate of drug-likeness (QED) is 0.801. The fourth-order valence-corrected chi connectivity index (χ4v) is 3.06. The monoisotopic (exact) mass is 297 g/mol. The van der Waals surface area contributed by atoms with Crippen molar-refractivity contribution in [2.45, 2.75) is 46.0 Å². The van der Waals surface area contributed by atoms with Crippen molar-refractivity contribution in [3.63, 3.8) is 0 Å². The zero-order valence-corrected chi connectivity index (χ0v) is 13.8. The maximum atomic E-state index is 11.5. The zero-order valence-electron chi connectivity index (χ0n) is 13.8. The molecule has 0 fully saturated rings. The minimum absolute atomic E-state index is 0.486. The van der Waals surface area contributed by atoms with Crippen LogP contribution in [0.15, 0.2) is 41.6 Å². The highest BCUT2D eigenvalue weighted by molar-refractivity contribution is 5.76. The Hall–Kier alpha value is -1.83. The standard InChI is InChI=1S/C20H27NO/c1-3-6-18-7-4-5-14-21-20(15-22)19(18)13-12-17-10-8-16(2)9-11-17/h8-13,15,18,21H,3-7,14H2,1-2H3/b13-12+,20-19-. The molecule has 2 heteroatoms. The number of hydrogen-bond acceptors (Lipinski definition) is 2. The van der Waals surface area contributed by atoms with Crippen molar-refractivity contribution in [1.29, 1.82) is 0 Å². The average Bonchev–Trinajstić information content (AvgIpc) is 2.51. The molecule has 2 nitrogen and oxygen atoms in total. The first kappa shape index (κ1) is 16.5. The van der Waals surface area contributed by atoms with Crippen LogP contribution in [0.2, 0.25) is 0 Å². The highest BCUT2D eigenvalue weighted by Crippen LogP contribution is 2.28. The van der Waals surface area contributed by atoms with E-state index < -0.39 is 0 Å². The molecule has 1 atom stereocenters. The summed E-state index contributed by atoms with van der Waals surface area (Å²) in [6.45, 7) is 5.21. The Morgan fingerprint density at radius 3 is 2.64 bits per heavy atom. The summed E-state index contributed by atoms with van der Waals surface area (Å²) in [5.41, 5.74) is 4.40. The number of nitrogens with one attached hydrogen (secondary N) is 1. The van der Waals surface area contributed by atoms with Gasteiger partial charge in [0.25, 0.3) is 0 Å². The third-order valence-corrected chi connectivity index (χ3v) is 4.33. The van der Waals surface area contributed by atoms with Crippen LogP contribution >= 0.6 is 0 Å². The van der Waals surface area contributed by atoms with Gasteiger partial charge in [0.2, 0.25) is 0 Å². The number of hydrogen-bond donors (Lipinski definition) is 1. The van der Waals surface area contributed by atoms with Crippen LogP contribution in [0.25, 0.3) is 6.08 Å². The zero-order chi connectivity index (χ0) is 15.8. The van der Waals surface area contributed by atoms with Crippen molar-refractivity contribution in [1.82, 2.24) is 5.32 Å². The third-order valence-electron chi connectivity index (χ3n) is 4.33. The van der Waals surface area contributed by atoms with Crippen LogP contribution < -0.4 is 5.32 Å². The first-order chi connectivity index (χ1) is 10.7. The molecule has 1 heterocycles. The van der Waals surface area contributed by atoms with Gasteiger partial charge in [0.1, 0.15) is 0 Å². The van der Waals surface area contributed by atoms with Gasteiger partial charge in [0, 0.05) is 6.54 Å². The first-order valence-electron chi connectivity index (χ1n) is 8.42. The molecule has 1 aliphatic rings. The number of allylic oxidation sites excluding steroid dienone is 3. The molecule has 1 aliphatic heterocycles. The van der Waals surface area contributed by atoms with Gasteiger partial charge < -0.3 is 5.32 Å². The molecule has 118 valence electrons. The maximum absolute atomic E-state index is 11.5. The number of rotatable bonds is 5. The molecule has 0 saturated carbocycles. The van der Waals surface area contributed by atoms with Crippen LogP contribution in [0.4, 0.5) is 0 Å². The van der Waals surface area contributed by atoms with E-state index in [4.69, 9.17) is 0 Å². The lowest BCUT2D eigenvalue weighted by atomic mass is 9.86. The number of aryl methyl sites for hydroxylation is 1. The fourth-order valence-electron chi connectivity index (χ4n) is 3.06. The summed E-state index contributed by atoms with van der Waals surface area (Å²) in [4.78, 5) is 11.5. The van der Waals surface area contributed by atoms with Crippen LogP contribution in [0.5, 0.6) is 0 Å². The summed E-state index contributed by atoms with van der Waals surface area (Å²) in [6.07, 6.45) is 11.1. The molecule has 0 saturated heterocycles. The van der Waals surface area contributed by atoms with Gasteiger partial charge in [-0.3, -0.25) is 4.79 Å². The smallest absolute Gasteiger partial charge is 0.166 e. The molecule has 22 heavy (non-hydrogen) atoms. The number of aldehydes is 1. The largest absolute Gasteiger partial charge is 0.382 e. The second-order valence-corrected chi connectivity index (χ2v) is 6.14. The molecule has 1 aromatic carbocycles. The summed E-state index contributed by atoms with van der Waals surface area (Å²) in [6, 6.07) is 8.49. The van der Waals surface area contributed by atoms with Gasteiger partial charge in [-0.25, -0.2) is 0 Å². The normalized spacial score (nSPS) is 22.9. The van der Waals surface area contributed by atoms with Crippen molar-refractivity contribution < 1.29 is 4.79 Å². The molecule has 0 bridgehead atoms. The second-order valence-electron chi connectivity index (χ2n) is 6.14. The number of carbonyl (C=O) groups excluding carboxylic acids is 1. The number of benzene rings is 1. The predicted octanol–water partition coefficient (Wildman–Crippen LogP) is 4.65. The van der Waals surface area contributed by atoms with E-state index in [1.165, 1.54) is 29.5 Å². The lowest BCUT2D eigenvalue weighted by molar-refractivity contribution is -0.105. The van der Waals surface area contributed by atoms with Gasteiger partial charge in [0.15, 0.2) is 6.29 Å². The molecule has 1 unspecified atom stereocenters. The van der Waals surface area contributed by atoms with Crippen LogP contribution in [0.1, 0.15) is 50.2 Å². The van der Waals surface area contributed by atoms with E-state index in [1.54, 1.807) is 0 Å². The molecule has 0 amide bonds. The molecule has 1 N–H and O–H groups in total. The summed E-state index contributed by atoms with van der Waals surface area (Å²) in [5, 5.41) is 3.32. The molecule has 0 aromatic heterocycles. The predicted molar refractivity (Wildman–Crippen MR) is 93.6 cm³/mol. The van der Waals surface area contributed by atoms with E-state index in [-0.39, 0.29) is 0 Å². The average molecular weight is 297 g/mol. The van der Waals surface area contributed by atoms with E-state index in [0.29, 0.717) is 5.92 Å². The van der Waals surface area contributed by atoms with Gasteiger partial charge >= 0.3 is 0 Å². The van der Waals surface area contributed by atoms with E-state index in [9.17, 15) is 4.79 Å². The van der Waals surface area contributed by atoms with Crippen molar-refractivity contribution in [3.05, 3.63) is 52.7 Å². The van der Waals surface area contributed by atoms with Crippen LogP contribution in [-0.2, 0) is 4.79 Å². The topological polar surface area (TPSA) is 29.1 Å². The van der Waals surface area contributed by atoms with Gasteiger partial charge in [-0.2, -0.15) is 0 Å². The SMILES string of the molecule is CCCC1CCCCN/C(C=O)=C1/C=C/c1ccc(C)cc1. The van der Waals surface area contributed by atoms with E-state index in [0.717, 1.165) is 37.8 Å². The minimum atomic E-state index is 0.486. The molecular formula is C20H27NO. The molecule has 2 rings (SSSR count). The summed E-state index contributed by atoms with van der Waals surface area (Å²) in [7, 11) is 0. The Morgan fingerprint density at radius 2 is 1.95 bits per heavy atom. The molecule has 0 radical (unpaired) electrons.